The standard InChI is InChI=1S/C24H34N2O3/c1-2-16-29-21-10-8-20(9-11-21)26-23(27)17-22(24(26)28)25-14-12-19(13-15-25)18-6-4-3-5-7-18/h8-11,18-19,22H,2-7,12-17H2,1H3/t22-/m0/s1. The summed E-state index contributed by atoms with van der Waals surface area (Å²) in [6.07, 6.45) is 10.5. The van der Waals surface area contributed by atoms with Crippen molar-refractivity contribution in [1.82, 2.24) is 4.90 Å². The van der Waals surface area contributed by atoms with E-state index in [0.29, 0.717) is 18.7 Å². The maximum absolute atomic E-state index is 13.1. The van der Waals surface area contributed by atoms with Crippen LogP contribution in [0.5, 0.6) is 5.75 Å². The molecule has 3 aliphatic rings. The maximum Gasteiger partial charge on any atom is 0.251 e. The molecule has 1 aliphatic carbocycles. The minimum atomic E-state index is -0.286. The fourth-order valence-corrected chi connectivity index (χ4v) is 5.39. The van der Waals surface area contributed by atoms with Crippen LogP contribution in [0.25, 0.3) is 0 Å². The summed E-state index contributed by atoms with van der Waals surface area (Å²) >= 11 is 0. The molecular weight excluding hydrogens is 364 g/mol. The average molecular weight is 399 g/mol. The molecule has 0 bridgehead atoms. The van der Waals surface area contributed by atoms with Crippen LogP contribution in [0.4, 0.5) is 5.69 Å². The fourth-order valence-electron chi connectivity index (χ4n) is 5.39. The third-order valence-corrected chi connectivity index (χ3v) is 7.02. The third kappa shape index (κ3) is 4.50. The third-order valence-electron chi connectivity index (χ3n) is 7.02. The number of rotatable bonds is 6. The van der Waals surface area contributed by atoms with E-state index in [9.17, 15) is 9.59 Å². The van der Waals surface area contributed by atoms with Crippen LogP contribution in [0.1, 0.15) is 64.7 Å². The number of hydrogen-bond donors (Lipinski definition) is 0. The van der Waals surface area contributed by atoms with Crippen molar-refractivity contribution in [1.29, 1.82) is 0 Å². The minimum absolute atomic E-state index is 0.0617. The molecule has 3 fully saturated rings. The van der Waals surface area contributed by atoms with Gasteiger partial charge in [0.05, 0.1) is 24.8 Å². The predicted octanol–water partition coefficient (Wildman–Crippen LogP) is 4.40. The number of carbonyl (C=O) groups is 2. The highest BCUT2D eigenvalue weighted by atomic mass is 16.5. The maximum atomic E-state index is 13.1. The number of amides is 2. The van der Waals surface area contributed by atoms with Crippen LogP contribution >= 0.6 is 0 Å². The molecule has 1 aromatic carbocycles. The number of nitrogens with zero attached hydrogens (tertiary/aromatic N) is 2. The normalized spacial score (nSPS) is 25.0. The Bertz CT molecular complexity index is 703. The molecule has 0 N–H and O–H groups in total. The number of carbonyl (C=O) groups excluding carboxylic acids is 2. The lowest BCUT2D eigenvalue weighted by Gasteiger charge is -2.39. The van der Waals surface area contributed by atoms with Crippen molar-refractivity contribution < 1.29 is 14.3 Å². The lowest BCUT2D eigenvalue weighted by Crippen LogP contribution is -2.46. The highest BCUT2D eigenvalue weighted by Crippen LogP contribution is 2.37. The van der Waals surface area contributed by atoms with E-state index in [1.807, 2.05) is 24.3 Å². The quantitative estimate of drug-likeness (QED) is 0.667. The molecular formula is C24H34N2O3. The van der Waals surface area contributed by atoms with Gasteiger partial charge in [0.15, 0.2) is 0 Å². The molecule has 1 atom stereocenters. The Hall–Kier alpha value is -1.88. The van der Waals surface area contributed by atoms with Crippen LogP contribution in [-0.2, 0) is 9.59 Å². The van der Waals surface area contributed by atoms with E-state index in [2.05, 4.69) is 11.8 Å². The Morgan fingerprint density at radius 2 is 1.59 bits per heavy atom. The summed E-state index contributed by atoms with van der Waals surface area (Å²) in [7, 11) is 0. The van der Waals surface area contributed by atoms with Gasteiger partial charge in [-0.3, -0.25) is 14.5 Å². The lowest BCUT2D eigenvalue weighted by atomic mass is 9.75. The van der Waals surface area contributed by atoms with Crippen molar-refractivity contribution in [3.63, 3.8) is 0 Å². The van der Waals surface area contributed by atoms with Gasteiger partial charge in [-0.05, 0) is 68.5 Å². The first-order valence-electron chi connectivity index (χ1n) is 11.5. The van der Waals surface area contributed by atoms with Gasteiger partial charge in [-0.15, -0.1) is 0 Å². The van der Waals surface area contributed by atoms with E-state index in [1.54, 1.807) is 0 Å². The van der Waals surface area contributed by atoms with Gasteiger partial charge in [0.1, 0.15) is 5.75 Å². The molecule has 5 nitrogen and oxygen atoms in total. The predicted molar refractivity (Wildman–Crippen MR) is 114 cm³/mol. The number of likely N-dealkylation sites (tertiary alicyclic amines) is 1. The van der Waals surface area contributed by atoms with Gasteiger partial charge in [-0.2, -0.15) is 0 Å². The van der Waals surface area contributed by atoms with Gasteiger partial charge >= 0.3 is 0 Å². The second-order valence-corrected chi connectivity index (χ2v) is 8.90. The Balaban J connectivity index is 1.36. The van der Waals surface area contributed by atoms with Crippen LogP contribution in [-0.4, -0.2) is 42.5 Å². The summed E-state index contributed by atoms with van der Waals surface area (Å²) in [6, 6.07) is 7.03. The Labute approximate surface area is 174 Å². The molecule has 0 aromatic heterocycles. The molecule has 2 saturated heterocycles. The van der Waals surface area contributed by atoms with Crippen molar-refractivity contribution in [3.8, 4) is 5.75 Å². The molecule has 0 unspecified atom stereocenters. The Morgan fingerprint density at radius 3 is 2.24 bits per heavy atom. The summed E-state index contributed by atoms with van der Waals surface area (Å²) in [5.74, 6) is 2.32. The summed E-state index contributed by atoms with van der Waals surface area (Å²) in [6.45, 7) is 4.62. The van der Waals surface area contributed by atoms with Gasteiger partial charge < -0.3 is 4.74 Å². The summed E-state index contributed by atoms with van der Waals surface area (Å²) < 4.78 is 5.61. The average Bonchev–Trinajstić information content (AvgIpc) is 3.07. The van der Waals surface area contributed by atoms with Crippen molar-refractivity contribution in [2.24, 2.45) is 11.8 Å². The van der Waals surface area contributed by atoms with Gasteiger partial charge in [-0.1, -0.05) is 39.0 Å². The number of anilines is 1. The monoisotopic (exact) mass is 398 g/mol. The molecule has 4 rings (SSSR count). The smallest absolute Gasteiger partial charge is 0.251 e. The molecule has 2 aliphatic heterocycles. The molecule has 0 radical (unpaired) electrons. The van der Waals surface area contributed by atoms with Crippen LogP contribution in [0.2, 0.25) is 0 Å². The van der Waals surface area contributed by atoms with Gasteiger partial charge in [0.25, 0.3) is 5.91 Å². The van der Waals surface area contributed by atoms with Crippen molar-refractivity contribution >= 4 is 17.5 Å². The number of imide groups is 1. The lowest BCUT2D eigenvalue weighted by molar-refractivity contribution is -0.123. The zero-order valence-electron chi connectivity index (χ0n) is 17.6. The molecule has 158 valence electrons. The largest absolute Gasteiger partial charge is 0.494 e. The number of ether oxygens (including phenoxy) is 1. The second kappa shape index (κ2) is 9.29. The first kappa shape index (κ1) is 20.4. The second-order valence-electron chi connectivity index (χ2n) is 8.90. The van der Waals surface area contributed by atoms with Crippen molar-refractivity contribution in [2.45, 2.75) is 70.8 Å². The highest BCUT2D eigenvalue weighted by molar-refractivity contribution is 6.22. The summed E-state index contributed by atoms with van der Waals surface area (Å²) in [4.78, 5) is 29.4. The molecule has 29 heavy (non-hydrogen) atoms. The molecule has 2 amide bonds. The molecule has 1 saturated carbocycles. The number of piperidine rings is 1. The SMILES string of the molecule is CCCOc1ccc(N2C(=O)C[C@H](N3CCC(C4CCCCC4)CC3)C2=O)cc1. The molecule has 0 spiro atoms. The summed E-state index contributed by atoms with van der Waals surface area (Å²) in [5, 5.41) is 0. The van der Waals surface area contributed by atoms with Crippen LogP contribution < -0.4 is 9.64 Å². The fraction of sp³-hybridized carbons (Fsp3) is 0.667. The number of benzene rings is 1. The van der Waals surface area contributed by atoms with Crippen LogP contribution in [0, 0.1) is 11.8 Å². The van der Waals surface area contributed by atoms with E-state index in [4.69, 9.17) is 4.74 Å². The Kier molecular flexibility index (Phi) is 6.53. The highest BCUT2D eigenvalue weighted by Gasteiger charge is 2.43. The zero-order valence-corrected chi connectivity index (χ0v) is 17.6. The van der Waals surface area contributed by atoms with E-state index in [0.717, 1.165) is 37.1 Å². The first-order chi connectivity index (χ1) is 14.2. The van der Waals surface area contributed by atoms with Crippen molar-refractivity contribution in [2.75, 3.05) is 24.6 Å². The van der Waals surface area contributed by atoms with Crippen LogP contribution in [0.3, 0.4) is 0 Å². The minimum Gasteiger partial charge on any atom is -0.494 e. The van der Waals surface area contributed by atoms with Gasteiger partial charge in [0.2, 0.25) is 5.91 Å². The molecule has 5 heteroatoms. The Morgan fingerprint density at radius 1 is 0.931 bits per heavy atom. The zero-order chi connectivity index (χ0) is 20.2. The first-order valence-corrected chi connectivity index (χ1v) is 11.5. The van der Waals surface area contributed by atoms with Gasteiger partial charge in [0, 0.05) is 0 Å². The van der Waals surface area contributed by atoms with E-state index in [1.165, 1.54) is 49.8 Å². The van der Waals surface area contributed by atoms with Gasteiger partial charge in [-0.25, -0.2) is 4.90 Å². The molecule has 2 heterocycles. The number of hydrogen-bond acceptors (Lipinski definition) is 4. The van der Waals surface area contributed by atoms with E-state index in [-0.39, 0.29) is 17.9 Å². The van der Waals surface area contributed by atoms with E-state index < -0.39 is 0 Å². The van der Waals surface area contributed by atoms with Crippen LogP contribution in [0.15, 0.2) is 24.3 Å². The van der Waals surface area contributed by atoms with E-state index >= 15 is 0 Å². The summed E-state index contributed by atoms with van der Waals surface area (Å²) in [5.41, 5.74) is 0.656. The van der Waals surface area contributed by atoms with Crippen molar-refractivity contribution in [3.05, 3.63) is 24.3 Å². The topological polar surface area (TPSA) is 49.9 Å². The molecule has 1 aromatic rings.